The zero-order chi connectivity index (χ0) is 30.3. The van der Waals surface area contributed by atoms with Gasteiger partial charge in [-0.2, -0.15) is 10.4 Å². The highest BCUT2D eigenvalue weighted by atomic mass is 16.2. The molecule has 1 saturated heterocycles. The molecule has 2 aromatic rings. The minimum atomic E-state index is -1.04. The number of likely N-dealkylation sites (tertiary alicyclic amines) is 1. The summed E-state index contributed by atoms with van der Waals surface area (Å²) in [4.78, 5) is 38.4. The molecule has 2 atom stereocenters. The van der Waals surface area contributed by atoms with Crippen LogP contribution in [0.5, 0.6) is 0 Å². The van der Waals surface area contributed by atoms with E-state index >= 15 is 0 Å². The highest BCUT2D eigenvalue weighted by Crippen LogP contribution is 2.45. The van der Waals surface area contributed by atoms with Crippen LogP contribution in [0.25, 0.3) is 0 Å². The molecule has 0 spiro atoms. The van der Waals surface area contributed by atoms with Crippen molar-refractivity contribution in [3.63, 3.8) is 0 Å². The van der Waals surface area contributed by atoms with Gasteiger partial charge in [-0.25, -0.2) is 11.4 Å². The van der Waals surface area contributed by atoms with Crippen LogP contribution >= 0.6 is 0 Å². The van der Waals surface area contributed by atoms with Crippen LogP contribution in [0.15, 0.2) is 41.5 Å². The molecule has 1 heterocycles. The molecule has 12 heteroatoms. The standard InChI is InChI=1S/C27H33N9O3.C2H6/c1-15(33-14-23(37)36-8-2-3-20(36)13-28)12-27(26(31)34-35-32)21-6-4-16(24(29)38)9-18(21)11-19-10-17(25(30)39)5-7-22(19)27;1-2/h4-7,9-10,15,20,33,35H,2-3,8,11-12,14,32H2,1H3,(H2,29,38)(H2,30,39)(H2,31,34);1-2H3/t15?,20-;/m0./s1. The second kappa shape index (κ2) is 13.3. The number of hydrogen-bond acceptors (Lipinski definition) is 8. The van der Waals surface area contributed by atoms with Gasteiger partial charge in [-0.3, -0.25) is 14.4 Å². The third-order valence-electron chi connectivity index (χ3n) is 7.64. The van der Waals surface area contributed by atoms with Crippen LogP contribution in [-0.2, 0) is 16.6 Å². The van der Waals surface area contributed by atoms with Gasteiger partial charge in [-0.1, -0.05) is 26.0 Å². The van der Waals surface area contributed by atoms with Gasteiger partial charge in [0.05, 0.1) is 18.0 Å². The zero-order valence-corrected chi connectivity index (χ0v) is 23.7. The monoisotopic (exact) mass is 561 g/mol. The van der Waals surface area contributed by atoms with E-state index in [9.17, 15) is 19.6 Å². The highest BCUT2D eigenvalue weighted by molar-refractivity contribution is 5.99. The quantitative estimate of drug-likeness (QED) is 0.111. The average molecular weight is 562 g/mol. The van der Waals surface area contributed by atoms with Crippen LogP contribution in [0.3, 0.4) is 0 Å². The van der Waals surface area contributed by atoms with Crippen molar-refractivity contribution < 1.29 is 14.4 Å². The Balaban J connectivity index is 0.00000226. The van der Waals surface area contributed by atoms with E-state index in [4.69, 9.17) is 23.0 Å². The van der Waals surface area contributed by atoms with E-state index in [1.54, 1.807) is 41.3 Å². The number of amidine groups is 1. The Kier molecular flexibility index (Phi) is 10.0. The minimum absolute atomic E-state index is 0.0442. The molecule has 10 N–H and O–H groups in total. The van der Waals surface area contributed by atoms with Crippen molar-refractivity contribution in [2.24, 2.45) is 28.1 Å². The molecule has 3 amide bonds. The van der Waals surface area contributed by atoms with Gasteiger partial charge in [0.2, 0.25) is 17.7 Å². The zero-order valence-electron chi connectivity index (χ0n) is 23.7. The third-order valence-corrected chi connectivity index (χ3v) is 7.64. The van der Waals surface area contributed by atoms with Crippen molar-refractivity contribution in [1.29, 1.82) is 5.26 Å². The van der Waals surface area contributed by atoms with Crippen molar-refractivity contribution in [1.82, 2.24) is 15.8 Å². The predicted molar refractivity (Wildman–Crippen MR) is 156 cm³/mol. The molecule has 2 aromatic carbocycles. The first-order valence-electron chi connectivity index (χ1n) is 13.7. The molecule has 0 saturated carbocycles. The molecular weight excluding hydrogens is 522 g/mol. The summed E-state index contributed by atoms with van der Waals surface area (Å²) < 4.78 is 0. The maximum atomic E-state index is 12.9. The van der Waals surface area contributed by atoms with E-state index in [1.165, 1.54) is 0 Å². The smallest absolute Gasteiger partial charge is 0.248 e. The molecule has 12 nitrogen and oxygen atoms in total. The van der Waals surface area contributed by atoms with E-state index in [0.717, 1.165) is 28.7 Å². The van der Waals surface area contributed by atoms with Gasteiger partial charge in [-0.15, -0.1) is 0 Å². The first kappa shape index (κ1) is 31.1. The van der Waals surface area contributed by atoms with E-state index in [-0.39, 0.29) is 24.3 Å². The summed E-state index contributed by atoms with van der Waals surface area (Å²) in [5.74, 6) is 4.43. The number of nitrogens with zero attached hydrogens (tertiary/aromatic N) is 3. The number of hydrazine groups is 1. The molecule has 0 bridgehead atoms. The summed E-state index contributed by atoms with van der Waals surface area (Å²) >= 11 is 0. The fraction of sp³-hybridized carbons (Fsp3) is 0.414. The van der Waals surface area contributed by atoms with Gasteiger partial charge in [0, 0.05) is 23.7 Å². The first-order chi connectivity index (χ1) is 19.6. The molecule has 1 fully saturated rings. The van der Waals surface area contributed by atoms with Crippen LogP contribution in [0, 0.1) is 11.3 Å². The number of rotatable bonds is 9. The lowest BCUT2D eigenvalue weighted by atomic mass is 9.62. The Morgan fingerprint density at radius 1 is 1.07 bits per heavy atom. The van der Waals surface area contributed by atoms with Gasteiger partial charge >= 0.3 is 0 Å². The second-order valence-electron chi connectivity index (χ2n) is 10.0. The van der Waals surface area contributed by atoms with Gasteiger partial charge in [0.1, 0.15) is 11.9 Å². The molecule has 4 rings (SSSR count). The number of nitriles is 1. The number of hydrazone groups is 1. The summed E-state index contributed by atoms with van der Waals surface area (Å²) in [6, 6.07) is 11.8. The van der Waals surface area contributed by atoms with Gasteiger partial charge in [0.25, 0.3) is 0 Å². The fourth-order valence-corrected chi connectivity index (χ4v) is 5.83. The molecule has 0 aromatic heterocycles. The van der Waals surface area contributed by atoms with Crippen LogP contribution in [0.4, 0.5) is 0 Å². The normalized spacial score (nSPS) is 17.7. The number of benzene rings is 2. The Morgan fingerprint density at radius 3 is 2.12 bits per heavy atom. The molecule has 1 aliphatic heterocycles. The van der Waals surface area contributed by atoms with E-state index < -0.39 is 23.3 Å². The summed E-state index contributed by atoms with van der Waals surface area (Å²) in [6.07, 6.45) is 2.23. The Hall–Kier alpha value is -4.47. The topological polar surface area (TPSA) is 219 Å². The van der Waals surface area contributed by atoms with Gasteiger partial charge in [-0.05, 0) is 79.1 Å². The summed E-state index contributed by atoms with van der Waals surface area (Å²) in [7, 11) is 0. The SMILES string of the molecule is CC.CC(CC1(/C(N)=N/NN)c2ccc(C(N)=O)cc2Cc2cc(C(N)=O)ccc21)NCC(=O)N1CCC[C@H]1C#N. The Labute approximate surface area is 240 Å². The molecule has 1 unspecified atom stereocenters. The number of amides is 3. The number of carbonyl (C=O) groups excluding carboxylic acids is 3. The number of fused-ring (bicyclic) bond motifs is 2. The maximum Gasteiger partial charge on any atom is 0.248 e. The number of hydrogen-bond donors (Lipinski definition) is 6. The largest absolute Gasteiger partial charge is 0.385 e. The van der Waals surface area contributed by atoms with Crippen LogP contribution in [0.2, 0.25) is 0 Å². The van der Waals surface area contributed by atoms with Crippen LogP contribution < -0.4 is 33.9 Å². The molecule has 1 aliphatic carbocycles. The molecule has 218 valence electrons. The molecule has 2 aliphatic rings. The lowest BCUT2D eigenvalue weighted by Gasteiger charge is -2.42. The van der Waals surface area contributed by atoms with Crippen molar-refractivity contribution in [2.45, 2.75) is 64.0 Å². The van der Waals surface area contributed by atoms with Gasteiger partial charge in [0.15, 0.2) is 0 Å². The summed E-state index contributed by atoms with van der Waals surface area (Å²) in [5.41, 5.74) is 22.8. The fourth-order valence-electron chi connectivity index (χ4n) is 5.83. The summed E-state index contributed by atoms with van der Waals surface area (Å²) in [6.45, 7) is 6.53. The minimum Gasteiger partial charge on any atom is -0.385 e. The lowest BCUT2D eigenvalue weighted by molar-refractivity contribution is -0.130. The van der Waals surface area contributed by atoms with E-state index in [0.29, 0.717) is 36.9 Å². The van der Waals surface area contributed by atoms with Crippen molar-refractivity contribution in [2.75, 3.05) is 13.1 Å². The Morgan fingerprint density at radius 2 is 1.63 bits per heavy atom. The molecular formula is C29H39N9O3. The van der Waals surface area contributed by atoms with Crippen LogP contribution in [0.1, 0.15) is 83.0 Å². The summed E-state index contributed by atoms with van der Waals surface area (Å²) in [5, 5.41) is 16.8. The lowest BCUT2D eigenvalue weighted by Crippen LogP contribution is -2.51. The van der Waals surface area contributed by atoms with Crippen molar-refractivity contribution in [3.8, 4) is 6.07 Å². The van der Waals surface area contributed by atoms with Crippen molar-refractivity contribution in [3.05, 3.63) is 69.8 Å². The van der Waals surface area contributed by atoms with E-state index in [1.807, 2.05) is 20.8 Å². The molecule has 41 heavy (non-hydrogen) atoms. The third kappa shape index (κ3) is 6.16. The van der Waals surface area contributed by atoms with Crippen LogP contribution in [-0.4, -0.2) is 53.6 Å². The number of nitrogens with one attached hydrogen (secondary N) is 2. The number of nitrogens with two attached hydrogens (primary N) is 4. The van der Waals surface area contributed by atoms with Crippen molar-refractivity contribution >= 4 is 23.6 Å². The Bertz CT molecular complexity index is 1320. The molecule has 0 radical (unpaired) electrons. The average Bonchev–Trinajstić information content (AvgIpc) is 3.45. The predicted octanol–water partition coefficient (Wildman–Crippen LogP) is 0.719. The first-order valence-corrected chi connectivity index (χ1v) is 13.7. The highest BCUT2D eigenvalue weighted by Gasteiger charge is 2.45. The van der Waals surface area contributed by atoms with Gasteiger partial charge < -0.3 is 27.4 Å². The number of carbonyl (C=O) groups is 3. The number of primary amides is 2. The maximum absolute atomic E-state index is 12.9. The second-order valence-corrected chi connectivity index (χ2v) is 10.0. The van der Waals surface area contributed by atoms with E-state index in [2.05, 4.69) is 22.0 Å².